The van der Waals surface area contributed by atoms with Gasteiger partial charge in [0.25, 0.3) is 0 Å². The Bertz CT molecular complexity index is 1590. The maximum atomic E-state index is 13.3. The topological polar surface area (TPSA) is 86.8 Å². The van der Waals surface area contributed by atoms with Crippen molar-refractivity contribution in [2.75, 3.05) is 25.5 Å². The zero-order chi connectivity index (χ0) is 30.2. The zero-order valence-electron chi connectivity index (χ0n) is 23.9. The van der Waals surface area contributed by atoms with Crippen LogP contribution in [0.5, 0.6) is 0 Å². The maximum absolute atomic E-state index is 13.3. The molecule has 0 saturated carbocycles. The van der Waals surface area contributed by atoms with Gasteiger partial charge in [0.2, 0.25) is 10.0 Å². The first kappa shape index (κ1) is 30.5. The lowest BCUT2D eigenvalue weighted by atomic mass is 9.76. The number of hydrogen-bond donors (Lipinski definition) is 1. The van der Waals surface area contributed by atoms with E-state index in [2.05, 4.69) is 19.2 Å². The van der Waals surface area contributed by atoms with Crippen molar-refractivity contribution in [1.82, 2.24) is 9.21 Å². The van der Waals surface area contributed by atoms with Crippen LogP contribution in [0.25, 0.3) is 0 Å². The largest absolute Gasteiger partial charge is 0.330 e. The average molecular weight is 629 g/mol. The third kappa shape index (κ3) is 6.23. The Kier molecular flexibility index (Phi) is 8.99. The Morgan fingerprint density at radius 1 is 0.881 bits per heavy atom. The lowest BCUT2D eigenvalue weighted by Crippen LogP contribution is -2.42. The third-order valence-corrected chi connectivity index (χ3v) is 11.0. The van der Waals surface area contributed by atoms with Gasteiger partial charge in [-0.25, -0.2) is 8.42 Å². The molecule has 1 aliphatic carbocycles. The Labute approximate surface area is 257 Å². The van der Waals surface area contributed by atoms with Gasteiger partial charge >= 0.3 is 11.8 Å². The fraction of sp³-hybridized carbons (Fsp3) is 0.375. The van der Waals surface area contributed by atoms with E-state index in [1.54, 1.807) is 13.1 Å². The quantitative estimate of drug-likeness (QED) is 0.318. The van der Waals surface area contributed by atoms with Crippen LogP contribution < -0.4 is 5.32 Å². The minimum atomic E-state index is -3.64. The number of piperidine rings is 1. The molecule has 1 aliphatic heterocycles. The van der Waals surface area contributed by atoms with E-state index < -0.39 is 21.8 Å². The summed E-state index contributed by atoms with van der Waals surface area (Å²) in [5.41, 5.74) is 3.47. The van der Waals surface area contributed by atoms with Gasteiger partial charge in [-0.15, -0.1) is 0 Å². The summed E-state index contributed by atoms with van der Waals surface area (Å²) in [5, 5.41) is 3.64. The summed E-state index contributed by atoms with van der Waals surface area (Å²) >= 11 is 12.4. The van der Waals surface area contributed by atoms with Crippen molar-refractivity contribution < 1.29 is 18.0 Å². The van der Waals surface area contributed by atoms with Gasteiger partial charge in [-0.05, 0) is 84.2 Å². The molecule has 3 aromatic carbocycles. The van der Waals surface area contributed by atoms with Crippen LogP contribution in [-0.2, 0) is 19.6 Å². The Morgan fingerprint density at radius 3 is 2.17 bits per heavy atom. The summed E-state index contributed by atoms with van der Waals surface area (Å²) in [7, 11) is -2.01. The van der Waals surface area contributed by atoms with E-state index in [1.807, 2.05) is 36.4 Å². The number of fused-ring (bicyclic) bond motifs is 1. The average Bonchev–Trinajstić information content (AvgIpc) is 2.97. The van der Waals surface area contributed by atoms with Crippen LogP contribution in [0, 0.1) is 11.8 Å². The molecule has 7 nitrogen and oxygen atoms in total. The minimum absolute atomic E-state index is 0.0932. The van der Waals surface area contributed by atoms with E-state index >= 15 is 0 Å². The number of likely N-dealkylation sites (N-methyl/N-ethyl adjacent to an activating group) is 1. The van der Waals surface area contributed by atoms with Gasteiger partial charge < -0.3 is 10.2 Å². The second-order valence-electron chi connectivity index (χ2n) is 11.6. The Balaban J connectivity index is 1.28. The number of anilines is 1. The first-order valence-electron chi connectivity index (χ1n) is 14.2. The van der Waals surface area contributed by atoms with Gasteiger partial charge in [-0.1, -0.05) is 67.4 Å². The predicted molar refractivity (Wildman–Crippen MR) is 166 cm³/mol. The molecule has 2 amide bonds. The van der Waals surface area contributed by atoms with Crippen molar-refractivity contribution in [3.63, 3.8) is 0 Å². The van der Waals surface area contributed by atoms with E-state index in [0.29, 0.717) is 47.1 Å². The van der Waals surface area contributed by atoms with Gasteiger partial charge in [0.05, 0.1) is 21.0 Å². The molecular weight excluding hydrogens is 593 g/mol. The maximum Gasteiger partial charge on any atom is 0.313 e. The third-order valence-electron chi connectivity index (χ3n) is 8.37. The Hall–Kier alpha value is -2.91. The standard InChI is InChI=1S/C32H35Cl2N3O4S/c1-20-16-21(2)19-37(18-20)42(40,41)24-11-9-23(10-12-24)35-31(38)32(39)36(3)30-15-13-25(26-6-4-5-7-27(26)30)22-8-14-28(33)29(34)17-22/h4-12,14,17,20-21,25,30H,13,15-16,18-19H2,1-3H3,(H,35,38)/t20?,21?,25-,30-/m0/s1. The molecule has 0 radical (unpaired) electrons. The predicted octanol–water partition coefficient (Wildman–Crippen LogP) is 6.72. The highest BCUT2D eigenvalue weighted by Crippen LogP contribution is 2.44. The number of nitrogens with one attached hydrogen (secondary N) is 1. The normalized spacial score (nSPS) is 22.7. The van der Waals surface area contributed by atoms with Crippen molar-refractivity contribution in [2.45, 2.75) is 50.0 Å². The lowest BCUT2D eigenvalue weighted by Gasteiger charge is -2.36. The van der Waals surface area contributed by atoms with Crippen molar-refractivity contribution in [3.8, 4) is 0 Å². The van der Waals surface area contributed by atoms with Crippen molar-refractivity contribution >= 4 is 50.7 Å². The summed E-state index contributed by atoms with van der Waals surface area (Å²) in [6, 6.07) is 19.3. The second kappa shape index (κ2) is 12.4. The van der Waals surface area contributed by atoms with Gasteiger partial charge in [-0.2, -0.15) is 4.31 Å². The van der Waals surface area contributed by atoms with Crippen LogP contribution in [0.15, 0.2) is 71.6 Å². The van der Waals surface area contributed by atoms with Gasteiger partial charge in [0.15, 0.2) is 0 Å². The summed E-state index contributed by atoms with van der Waals surface area (Å²) < 4.78 is 27.9. The van der Waals surface area contributed by atoms with E-state index in [1.165, 1.54) is 33.5 Å². The highest BCUT2D eigenvalue weighted by Gasteiger charge is 2.35. The molecule has 2 unspecified atom stereocenters. The summed E-state index contributed by atoms with van der Waals surface area (Å²) in [6.07, 6.45) is 2.44. The fourth-order valence-corrected chi connectivity index (χ4v) is 8.38. The van der Waals surface area contributed by atoms with Crippen LogP contribution in [0.1, 0.15) is 61.8 Å². The molecule has 42 heavy (non-hydrogen) atoms. The second-order valence-corrected chi connectivity index (χ2v) is 14.4. The van der Waals surface area contributed by atoms with Crippen LogP contribution in [0.2, 0.25) is 10.0 Å². The molecule has 0 bridgehead atoms. The fourth-order valence-electron chi connectivity index (χ4n) is 6.39. The van der Waals surface area contributed by atoms with Crippen LogP contribution in [0.4, 0.5) is 5.69 Å². The van der Waals surface area contributed by atoms with E-state index in [9.17, 15) is 18.0 Å². The SMILES string of the molecule is CC1CC(C)CN(S(=O)(=O)c2ccc(NC(=O)C(=O)N(C)[C@H]3CC[C@@H](c4ccc(Cl)c(Cl)c4)c4ccccc43)cc2)C1. The van der Waals surface area contributed by atoms with Crippen LogP contribution in [0.3, 0.4) is 0 Å². The molecule has 5 rings (SSSR count). The highest BCUT2D eigenvalue weighted by molar-refractivity contribution is 7.89. The molecule has 1 heterocycles. The van der Waals surface area contributed by atoms with E-state index in [0.717, 1.165) is 29.5 Å². The van der Waals surface area contributed by atoms with E-state index in [4.69, 9.17) is 23.2 Å². The number of amides is 2. The number of rotatable bonds is 5. The molecule has 0 spiro atoms. The molecule has 222 valence electrons. The van der Waals surface area contributed by atoms with Gasteiger partial charge in [-0.3, -0.25) is 9.59 Å². The molecule has 1 saturated heterocycles. The molecule has 0 aromatic heterocycles. The molecular formula is C32H35Cl2N3O4S. The van der Waals surface area contributed by atoms with Crippen molar-refractivity contribution in [3.05, 3.63) is 93.5 Å². The monoisotopic (exact) mass is 627 g/mol. The number of benzene rings is 3. The van der Waals surface area contributed by atoms with Crippen LogP contribution in [-0.4, -0.2) is 49.6 Å². The molecule has 4 atom stereocenters. The van der Waals surface area contributed by atoms with E-state index in [-0.39, 0.29) is 16.9 Å². The van der Waals surface area contributed by atoms with Gasteiger partial charge in [0.1, 0.15) is 0 Å². The molecule has 2 aliphatic rings. The summed E-state index contributed by atoms with van der Waals surface area (Å²) in [5.74, 6) is -0.770. The number of nitrogens with zero attached hydrogens (tertiary/aromatic N) is 2. The number of halogens is 2. The first-order valence-corrected chi connectivity index (χ1v) is 16.4. The number of carbonyl (C=O) groups is 2. The van der Waals surface area contributed by atoms with Crippen molar-refractivity contribution in [1.29, 1.82) is 0 Å². The lowest BCUT2D eigenvalue weighted by molar-refractivity contribution is -0.144. The molecule has 10 heteroatoms. The molecule has 1 N–H and O–H groups in total. The minimum Gasteiger partial charge on any atom is -0.330 e. The Morgan fingerprint density at radius 2 is 1.52 bits per heavy atom. The first-order chi connectivity index (χ1) is 20.0. The van der Waals surface area contributed by atoms with Crippen LogP contribution >= 0.6 is 23.2 Å². The summed E-state index contributed by atoms with van der Waals surface area (Å²) in [6.45, 7) is 5.10. The van der Waals surface area contributed by atoms with Crippen molar-refractivity contribution in [2.24, 2.45) is 11.8 Å². The van der Waals surface area contributed by atoms with Gasteiger partial charge in [0, 0.05) is 31.7 Å². The number of sulfonamides is 1. The zero-order valence-corrected chi connectivity index (χ0v) is 26.2. The smallest absolute Gasteiger partial charge is 0.313 e. The summed E-state index contributed by atoms with van der Waals surface area (Å²) in [4.78, 5) is 27.9. The number of carbonyl (C=O) groups excluding carboxylic acids is 2. The highest BCUT2D eigenvalue weighted by atomic mass is 35.5. The molecule has 3 aromatic rings. The molecule has 1 fully saturated rings. The number of hydrogen-bond acceptors (Lipinski definition) is 4.